The van der Waals surface area contributed by atoms with Crippen molar-refractivity contribution in [2.75, 3.05) is 26.4 Å². The molecule has 7 nitrogen and oxygen atoms in total. The Balaban J connectivity index is 3.08. The quantitative estimate of drug-likeness (QED) is 0.578. The van der Waals surface area contributed by atoms with Gasteiger partial charge in [-0.1, -0.05) is 24.3 Å². The topological polar surface area (TPSA) is 105 Å². The summed E-state index contributed by atoms with van der Waals surface area (Å²) in [5.74, 6) is -1.06. The first kappa shape index (κ1) is 21.9. The normalized spacial score (nSPS) is 13.7. The second-order valence-electron chi connectivity index (χ2n) is 7.14. The van der Waals surface area contributed by atoms with E-state index in [-0.39, 0.29) is 32.8 Å². The largest absolute Gasteiger partial charge is 0.481 e. The molecule has 26 heavy (non-hydrogen) atoms. The predicted molar refractivity (Wildman–Crippen MR) is 97.3 cm³/mol. The summed E-state index contributed by atoms with van der Waals surface area (Å²) in [6, 6.07) is 7.17. The van der Waals surface area contributed by atoms with Gasteiger partial charge in [0, 0.05) is 13.2 Å². The Labute approximate surface area is 154 Å². The van der Waals surface area contributed by atoms with E-state index in [1.807, 2.05) is 19.1 Å². The molecule has 1 amide bonds. The van der Waals surface area contributed by atoms with Gasteiger partial charge in [-0.05, 0) is 45.2 Å². The molecule has 1 aromatic rings. The van der Waals surface area contributed by atoms with Crippen LogP contribution < -0.4 is 5.32 Å². The number of benzene rings is 1. The molecule has 0 aromatic heterocycles. The Morgan fingerprint density at radius 1 is 1.15 bits per heavy atom. The van der Waals surface area contributed by atoms with Crippen molar-refractivity contribution in [3.8, 4) is 0 Å². The van der Waals surface area contributed by atoms with Crippen LogP contribution in [0.4, 0.5) is 4.79 Å². The van der Waals surface area contributed by atoms with Crippen molar-refractivity contribution < 1.29 is 29.3 Å². The van der Waals surface area contributed by atoms with Crippen molar-refractivity contribution in [2.45, 2.75) is 45.1 Å². The van der Waals surface area contributed by atoms with Crippen molar-refractivity contribution in [2.24, 2.45) is 0 Å². The van der Waals surface area contributed by atoms with E-state index in [4.69, 9.17) is 14.6 Å². The number of ether oxygens (including phenoxy) is 2. The zero-order valence-electron chi connectivity index (χ0n) is 15.9. The third-order valence-corrected chi connectivity index (χ3v) is 3.91. The minimum Gasteiger partial charge on any atom is -0.481 e. The molecule has 7 heteroatoms. The molecule has 0 bridgehead atoms. The molecule has 0 saturated carbocycles. The highest BCUT2D eigenvalue weighted by atomic mass is 16.6. The predicted octanol–water partition coefficient (Wildman–Crippen LogP) is 2.24. The number of aliphatic carboxylic acids is 1. The maximum atomic E-state index is 12.2. The summed E-state index contributed by atoms with van der Waals surface area (Å²) in [5.41, 5.74) is -0.625. The maximum Gasteiger partial charge on any atom is 0.407 e. The molecule has 146 valence electrons. The molecule has 0 saturated heterocycles. The Kier molecular flexibility index (Phi) is 8.05. The van der Waals surface area contributed by atoms with E-state index in [2.05, 4.69) is 5.32 Å². The number of alkyl carbamates (subject to hydrolysis) is 1. The molecule has 0 radical (unpaired) electrons. The summed E-state index contributed by atoms with van der Waals surface area (Å²) in [6.45, 7) is 7.03. The van der Waals surface area contributed by atoms with E-state index in [9.17, 15) is 14.7 Å². The molecule has 3 N–H and O–H groups in total. The number of hydrogen-bond acceptors (Lipinski definition) is 5. The van der Waals surface area contributed by atoms with Gasteiger partial charge in [-0.3, -0.25) is 4.79 Å². The number of carboxylic acids is 1. The van der Waals surface area contributed by atoms with Gasteiger partial charge in [0.05, 0.1) is 13.2 Å². The van der Waals surface area contributed by atoms with Crippen LogP contribution in [0.25, 0.3) is 0 Å². The summed E-state index contributed by atoms with van der Waals surface area (Å²) >= 11 is 0. The van der Waals surface area contributed by atoms with E-state index in [0.717, 1.165) is 5.56 Å². The second-order valence-corrected chi connectivity index (χ2v) is 7.14. The number of carbonyl (C=O) groups is 2. The molecule has 0 fully saturated rings. The Morgan fingerprint density at radius 2 is 1.81 bits per heavy atom. The first-order valence-corrected chi connectivity index (χ1v) is 8.57. The summed E-state index contributed by atoms with van der Waals surface area (Å²) in [4.78, 5) is 24.3. The molecule has 0 spiro atoms. The second kappa shape index (κ2) is 9.54. The van der Waals surface area contributed by atoms with Crippen molar-refractivity contribution in [3.63, 3.8) is 0 Å². The average molecular weight is 367 g/mol. The molecule has 0 aliphatic carbocycles. The highest BCUT2D eigenvalue weighted by Gasteiger charge is 2.41. The number of amides is 1. The molecular formula is C19H29NO6. The van der Waals surface area contributed by atoms with Gasteiger partial charge >= 0.3 is 12.1 Å². The number of carbonyl (C=O) groups excluding carboxylic acids is 1. The van der Waals surface area contributed by atoms with Crippen molar-refractivity contribution in [1.82, 2.24) is 5.32 Å². The monoisotopic (exact) mass is 367 g/mol. The van der Waals surface area contributed by atoms with E-state index in [0.29, 0.717) is 5.56 Å². The summed E-state index contributed by atoms with van der Waals surface area (Å²) in [6.07, 6.45) is -0.531. The molecule has 1 unspecified atom stereocenters. The Morgan fingerprint density at radius 3 is 2.35 bits per heavy atom. The van der Waals surface area contributed by atoms with E-state index >= 15 is 0 Å². The van der Waals surface area contributed by atoms with Crippen LogP contribution in [0.3, 0.4) is 0 Å². The molecule has 1 rings (SSSR count). The van der Waals surface area contributed by atoms with E-state index < -0.39 is 23.1 Å². The molecule has 1 atom stereocenters. The van der Waals surface area contributed by atoms with Gasteiger partial charge in [-0.2, -0.15) is 0 Å². The van der Waals surface area contributed by atoms with Crippen molar-refractivity contribution in [1.29, 1.82) is 0 Å². The average Bonchev–Trinajstić information content (AvgIpc) is 2.53. The minimum absolute atomic E-state index is 0.128. The van der Waals surface area contributed by atoms with Gasteiger partial charge in [0.25, 0.3) is 0 Å². The van der Waals surface area contributed by atoms with Gasteiger partial charge < -0.3 is 25.0 Å². The van der Waals surface area contributed by atoms with Crippen LogP contribution in [0.2, 0.25) is 0 Å². The molecule has 0 heterocycles. The highest BCUT2D eigenvalue weighted by molar-refractivity contribution is 5.83. The SMILES string of the molecule is Cc1ccccc1C(CCOCCO)(CNC(=O)OC(C)(C)C)C(=O)O. The van der Waals surface area contributed by atoms with Crippen molar-refractivity contribution >= 4 is 12.1 Å². The first-order chi connectivity index (χ1) is 12.1. The van der Waals surface area contributed by atoms with Gasteiger partial charge in [-0.25, -0.2) is 4.79 Å². The fourth-order valence-electron chi connectivity index (χ4n) is 2.68. The van der Waals surface area contributed by atoms with Crippen LogP contribution in [0.1, 0.15) is 38.3 Å². The van der Waals surface area contributed by atoms with Gasteiger partial charge in [0.2, 0.25) is 0 Å². The van der Waals surface area contributed by atoms with Crippen LogP contribution in [0, 0.1) is 6.92 Å². The number of rotatable bonds is 9. The number of carboxylic acid groups (broad SMARTS) is 1. The van der Waals surface area contributed by atoms with Gasteiger partial charge in [0.1, 0.15) is 11.0 Å². The molecular weight excluding hydrogens is 338 g/mol. The first-order valence-electron chi connectivity index (χ1n) is 8.57. The number of nitrogens with one attached hydrogen (secondary N) is 1. The lowest BCUT2D eigenvalue weighted by atomic mass is 9.75. The van der Waals surface area contributed by atoms with Crippen LogP contribution in [0.5, 0.6) is 0 Å². The summed E-state index contributed by atoms with van der Waals surface area (Å²) in [7, 11) is 0. The zero-order chi connectivity index (χ0) is 19.8. The minimum atomic E-state index is -1.36. The van der Waals surface area contributed by atoms with Gasteiger partial charge in [-0.15, -0.1) is 0 Å². The third kappa shape index (κ3) is 6.31. The Hall–Kier alpha value is -2.12. The van der Waals surface area contributed by atoms with E-state index in [1.54, 1.807) is 32.9 Å². The number of hydrogen-bond donors (Lipinski definition) is 3. The molecule has 0 aliphatic rings. The smallest absolute Gasteiger partial charge is 0.407 e. The maximum absolute atomic E-state index is 12.2. The molecule has 0 aliphatic heterocycles. The number of aliphatic hydroxyl groups excluding tert-OH is 1. The number of aliphatic hydroxyl groups is 1. The van der Waals surface area contributed by atoms with Crippen molar-refractivity contribution in [3.05, 3.63) is 35.4 Å². The summed E-state index contributed by atoms with van der Waals surface area (Å²) < 4.78 is 10.5. The fraction of sp³-hybridized carbons (Fsp3) is 0.579. The fourth-order valence-corrected chi connectivity index (χ4v) is 2.68. The third-order valence-electron chi connectivity index (χ3n) is 3.91. The van der Waals surface area contributed by atoms with Crippen LogP contribution in [0.15, 0.2) is 24.3 Å². The number of aryl methyl sites for hydroxylation is 1. The van der Waals surface area contributed by atoms with Crippen LogP contribution in [-0.4, -0.2) is 54.2 Å². The van der Waals surface area contributed by atoms with Crippen LogP contribution in [-0.2, 0) is 19.7 Å². The van der Waals surface area contributed by atoms with Gasteiger partial charge in [0.15, 0.2) is 0 Å². The highest BCUT2D eigenvalue weighted by Crippen LogP contribution is 2.31. The Bertz CT molecular complexity index is 610. The lowest BCUT2D eigenvalue weighted by Crippen LogP contribution is -2.48. The molecule has 1 aromatic carbocycles. The standard InChI is InChI=1S/C19H29NO6/c1-14-7-5-6-8-15(14)19(16(22)23,9-11-25-12-10-21)13-20-17(24)26-18(2,3)4/h5-8,21H,9-13H2,1-4H3,(H,20,24)(H,22,23). The lowest BCUT2D eigenvalue weighted by Gasteiger charge is -2.32. The van der Waals surface area contributed by atoms with E-state index in [1.165, 1.54) is 0 Å². The summed E-state index contributed by atoms with van der Waals surface area (Å²) in [5, 5.41) is 21.4. The zero-order valence-corrected chi connectivity index (χ0v) is 15.9. The van der Waals surface area contributed by atoms with Crippen LogP contribution >= 0.6 is 0 Å². The lowest BCUT2D eigenvalue weighted by molar-refractivity contribution is -0.144.